The van der Waals surface area contributed by atoms with Gasteiger partial charge in [-0.15, -0.1) is 5.10 Å². The molecule has 0 amide bonds. The zero-order valence-corrected chi connectivity index (χ0v) is 16.6. The SMILES string of the molecule is COc1ccc(-c2nn(CN3CCN(Cc4ccncc4)CC3)c(=S)o2)cc1. The van der Waals surface area contributed by atoms with E-state index in [1.165, 1.54) is 5.56 Å². The van der Waals surface area contributed by atoms with Crippen molar-refractivity contribution in [3.05, 3.63) is 59.2 Å². The van der Waals surface area contributed by atoms with Crippen LogP contribution in [-0.4, -0.2) is 57.9 Å². The molecule has 1 aliphatic heterocycles. The Morgan fingerprint density at radius 3 is 2.36 bits per heavy atom. The highest BCUT2D eigenvalue weighted by atomic mass is 32.1. The van der Waals surface area contributed by atoms with Gasteiger partial charge in [-0.25, -0.2) is 4.68 Å². The molecule has 0 spiro atoms. The maximum absolute atomic E-state index is 5.70. The molecule has 28 heavy (non-hydrogen) atoms. The molecular formula is C20H23N5O2S. The summed E-state index contributed by atoms with van der Waals surface area (Å²) in [5.74, 6) is 1.33. The van der Waals surface area contributed by atoms with E-state index in [2.05, 4.69) is 32.0 Å². The number of aromatic nitrogens is 3. The highest BCUT2D eigenvalue weighted by Crippen LogP contribution is 2.21. The van der Waals surface area contributed by atoms with E-state index in [0.29, 0.717) is 17.4 Å². The summed E-state index contributed by atoms with van der Waals surface area (Å²) in [6, 6.07) is 11.7. The van der Waals surface area contributed by atoms with E-state index in [1.54, 1.807) is 11.8 Å². The van der Waals surface area contributed by atoms with Crippen molar-refractivity contribution in [1.82, 2.24) is 24.6 Å². The smallest absolute Gasteiger partial charge is 0.288 e. The summed E-state index contributed by atoms with van der Waals surface area (Å²) in [5.41, 5.74) is 2.18. The fourth-order valence-electron chi connectivity index (χ4n) is 3.27. The van der Waals surface area contributed by atoms with Gasteiger partial charge in [-0.3, -0.25) is 14.8 Å². The Hall–Kier alpha value is -2.55. The molecule has 2 aromatic heterocycles. The molecule has 0 saturated carbocycles. The van der Waals surface area contributed by atoms with Gasteiger partial charge in [-0.05, 0) is 54.2 Å². The van der Waals surface area contributed by atoms with Crippen LogP contribution in [-0.2, 0) is 13.2 Å². The number of rotatable bonds is 6. The van der Waals surface area contributed by atoms with Crippen LogP contribution in [0, 0.1) is 4.84 Å². The first-order chi connectivity index (χ1) is 13.7. The number of hydrogen-bond donors (Lipinski definition) is 0. The van der Waals surface area contributed by atoms with Crippen molar-refractivity contribution >= 4 is 12.2 Å². The van der Waals surface area contributed by atoms with Gasteiger partial charge >= 0.3 is 0 Å². The summed E-state index contributed by atoms with van der Waals surface area (Å²) >= 11 is 5.37. The summed E-state index contributed by atoms with van der Waals surface area (Å²) < 4.78 is 12.6. The van der Waals surface area contributed by atoms with E-state index in [9.17, 15) is 0 Å². The fourth-order valence-corrected chi connectivity index (χ4v) is 3.45. The standard InChI is InChI=1S/C20H23N5O2S/c1-26-18-4-2-17(3-5-18)19-22-25(20(28)27-19)15-24-12-10-23(11-13-24)14-16-6-8-21-9-7-16/h2-9H,10-15H2,1H3. The Kier molecular flexibility index (Phi) is 5.80. The number of methoxy groups -OCH3 is 1. The molecule has 1 saturated heterocycles. The minimum absolute atomic E-state index is 0.394. The average molecular weight is 398 g/mol. The number of pyridine rings is 1. The number of nitrogens with zero attached hydrogens (tertiary/aromatic N) is 5. The molecule has 7 nitrogen and oxygen atoms in total. The van der Waals surface area contributed by atoms with E-state index in [1.807, 2.05) is 36.7 Å². The summed E-state index contributed by atoms with van der Waals surface area (Å²) in [6.07, 6.45) is 3.69. The minimum Gasteiger partial charge on any atom is -0.497 e. The van der Waals surface area contributed by atoms with Gasteiger partial charge in [0.1, 0.15) is 5.75 Å². The topological polar surface area (TPSA) is 59.6 Å². The lowest BCUT2D eigenvalue weighted by Crippen LogP contribution is -2.46. The quantitative estimate of drug-likeness (QED) is 0.593. The molecule has 0 aliphatic carbocycles. The van der Waals surface area contributed by atoms with Gasteiger partial charge in [0, 0.05) is 50.7 Å². The van der Waals surface area contributed by atoms with Crippen molar-refractivity contribution in [2.24, 2.45) is 0 Å². The van der Waals surface area contributed by atoms with Gasteiger partial charge in [-0.2, -0.15) is 0 Å². The minimum atomic E-state index is 0.394. The molecule has 146 valence electrons. The normalized spacial score (nSPS) is 15.6. The van der Waals surface area contributed by atoms with E-state index in [-0.39, 0.29) is 0 Å². The van der Waals surface area contributed by atoms with Crippen molar-refractivity contribution in [3.63, 3.8) is 0 Å². The molecule has 3 aromatic rings. The van der Waals surface area contributed by atoms with E-state index in [4.69, 9.17) is 21.4 Å². The Morgan fingerprint density at radius 2 is 1.68 bits per heavy atom. The van der Waals surface area contributed by atoms with Gasteiger partial charge < -0.3 is 9.15 Å². The molecular weight excluding hydrogens is 374 g/mol. The first-order valence-corrected chi connectivity index (χ1v) is 9.68. The third-order valence-electron chi connectivity index (χ3n) is 4.90. The lowest BCUT2D eigenvalue weighted by Gasteiger charge is -2.34. The van der Waals surface area contributed by atoms with Crippen LogP contribution in [0.2, 0.25) is 0 Å². The molecule has 0 radical (unpaired) electrons. The molecule has 0 atom stereocenters. The third kappa shape index (κ3) is 4.46. The second-order valence-electron chi connectivity index (χ2n) is 6.79. The number of ether oxygens (including phenoxy) is 1. The zero-order chi connectivity index (χ0) is 19.3. The predicted molar refractivity (Wildman–Crippen MR) is 108 cm³/mol. The maximum atomic E-state index is 5.70. The highest BCUT2D eigenvalue weighted by Gasteiger charge is 2.18. The Bertz CT molecular complexity index is 947. The van der Waals surface area contributed by atoms with Gasteiger partial charge in [0.25, 0.3) is 4.84 Å². The first-order valence-electron chi connectivity index (χ1n) is 9.27. The van der Waals surface area contributed by atoms with Crippen LogP contribution in [0.3, 0.4) is 0 Å². The first kappa shape index (κ1) is 18.8. The lowest BCUT2D eigenvalue weighted by molar-refractivity contribution is 0.0974. The van der Waals surface area contributed by atoms with Gasteiger partial charge in [0.05, 0.1) is 13.8 Å². The predicted octanol–water partition coefficient (Wildman–Crippen LogP) is 3.05. The third-order valence-corrected chi connectivity index (χ3v) is 5.19. The molecule has 8 heteroatoms. The lowest BCUT2D eigenvalue weighted by atomic mass is 10.2. The van der Waals surface area contributed by atoms with Crippen molar-refractivity contribution in [1.29, 1.82) is 0 Å². The van der Waals surface area contributed by atoms with Crippen LogP contribution in [0.4, 0.5) is 0 Å². The van der Waals surface area contributed by atoms with E-state index < -0.39 is 0 Å². The van der Waals surface area contributed by atoms with Crippen LogP contribution in [0.1, 0.15) is 5.56 Å². The second kappa shape index (κ2) is 8.64. The molecule has 4 rings (SSSR count). The summed E-state index contributed by atoms with van der Waals surface area (Å²) in [6.45, 7) is 5.57. The zero-order valence-electron chi connectivity index (χ0n) is 15.8. The Balaban J connectivity index is 1.35. The van der Waals surface area contributed by atoms with Gasteiger partial charge in [0.15, 0.2) is 0 Å². The van der Waals surface area contributed by atoms with Crippen LogP contribution in [0.15, 0.2) is 53.2 Å². The van der Waals surface area contributed by atoms with Crippen LogP contribution in [0.25, 0.3) is 11.5 Å². The van der Waals surface area contributed by atoms with Crippen molar-refractivity contribution < 1.29 is 9.15 Å². The summed E-state index contributed by atoms with van der Waals surface area (Å²) in [5, 5.41) is 4.56. The van der Waals surface area contributed by atoms with Crippen LogP contribution < -0.4 is 4.74 Å². The Morgan fingerprint density at radius 1 is 1.00 bits per heavy atom. The van der Waals surface area contributed by atoms with Crippen molar-refractivity contribution in [2.45, 2.75) is 13.2 Å². The summed E-state index contributed by atoms with van der Waals surface area (Å²) in [4.78, 5) is 9.27. The van der Waals surface area contributed by atoms with E-state index in [0.717, 1.165) is 44.0 Å². The van der Waals surface area contributed by atoms with Crippen molar-refractivity contribution in [3.8, 4) is 17.2 Å². The average Bonchev–Trinajstić information content (AvgIpc) is 3.10. The molecule has 0 bridgehead atoms. The largest absolute Gasteiger partial charge is 0.497 e. The number of piperazine rings is 1. The number of hydrogen-bond acceptors (Lipinski definition) is 7. The van der Waals surface area contributed by atoms with Crippen molar-refractivity contribution in [2.75, 3.05) is 33.3 Å². The van der Waals surface area contributed by atoms with Crippen LogP contribution >= 0.6 is 12.2 Å². The molecule has 0 unspecified atom stereocenters. The molecule has 1 aromatic carbocycles. The molecule has 1 fully saturated rings. The maximum Gasteiger partial charge on any atom is 0.288 e. The second-order valence-corrected chi connectivity index (χ2v) is 7.14. The number of benzene rings is 1. The molecule has 1 aliphatic rings. The highest BCUT2D eigenvalue weighted by molar-refractivity contribution is 7.71. The van der Waals surface area contributed by atoms with E-state index >= 15 is 0 Å². The van der Waals surface area contributed by atoms with Gasteiger partial charge in [0.2, 0.25) is 5.89 Å². The Labute approximate surface area is 169 Å². The fraction of sp³-hybridized carbons (Fsp3) is 0.350. The summed E-state index contributed by atoms with van der Waals surface area (Å²) in [7, 11) is 1.65. The molecule has 3 heterocycles. The van der Waals surface area contributed by atoms with Gasteiger partial charge in [-0.1, -0.05) is 0 Å². The van der Waals surface area contributed by atoms with Crippen LogP contribution in [0.5, 0.6) is 5.75 Å². The molecule has 0 N–H and O–H groups in total. The monoisotopic (exact) mass is 397 g/mol.